The van der Waals surface area contributed by atoms with Crippen LogP contribution in [0.4, 0.5) is 0 Å². The van der Waals surface area contributed by atoms with Gasteiger partial charge in [0, 0.05) is 7.05 Å². The summed E-state index contributed by atoms with van der Waals surface area (Å²) in [5.74, 6) is -0.00928. The van der Waals surface area contributed by atoms with Crippen LogP contribution >= 0.6 is 11.6 Å². The molecule has 1 aromatic rings. The van der Waals surface area contributed by atoms with Crippen molar-refractivity contribution in [2.45, 2.75) is 24.8 Å². The standard InChI is InChI=1S/C14H16ClNO/c1-10(9-11-7-5-4-6-8-11)12-14(2,15)13(17)16(12)3/h4-9,12H,1-3H3/b10-9-/t12-,14+/m1/s1. The summed E-state index contributed by atoms with van der Waals surface area (Å²) in [7, 11) is 1.79. The highest BCUT2D eigenvalue weighted by Crippen LogP contribution is 2.39. The molecule has 0 spiro atoms. The van der Waals surface area contributed by atoms with Gasteiger partial charge in [0.25, 0.3) is 0 Å². The molecule has 1 heterocycles. The van der Waals surface area contributed by atoms with Gasteiger partial charge in [0.2, 0.25) is 5.91 Å². The van der Waals surface area contributed by atoms with Gasteiger partial charge in [-0.2, -0.15) is 0 Å². The van der Waals surface area contributed by atoms with E-state index in [2.05, 4.69) is 6.08 Å². The zero-order valence-electron chi connectivity index (χ0n) is 10.3. The van der Waals surface area contributed by atoms with Gasteiger partial charge in [-0.3, -0.25) is 4.79 Å². The molecule has 0 bridgehead atoms. The van der Waals surface area contributed by atoms with Gasteiger partial charge < -0.3 is 4.90 Å². The lowest BCUT2D eigenvalue weighted by Crippen LogP contribution is -2.68. The van der Waals surface area contributed by atoms with Crippen LogP contribution in [-0.2, 0) is 4.79 Å². The summed E-state index contributed by atoms with van der Waals surface area (Å²) in [5, 5.41) is 0. The van der Waals surface area contributed by atoms with Crippen molar-refractivity contribution in [3.63, 3.8) is 0 Å². The molecule has 2 rings (SSSR count). The number of alkyl halides is 1. The minimum absolute atomic E-state index is 0.00928. The Morgan fingerprint density at radius 2 is 2.00 bits per heavy atom. The Morgan fingerprint density at radius 3 is 2.53 bits per heavy atom. The van der Waals surface area contributed by atoms with Crippen molar-refractivity contribution in [1.82, 2.24) is 4.90 Å². The molecule has 1 aromatic carbocycles. The maximum absolute atomic E-state index is 11.6. The molecule has 0 saturated carbocycles. The number of rotatable bonds is 2. The van der Waals surface area contributed by atoms with Crippen LogP contribution in [0, 0.1) is 0 Å². The molecule has 90 valence electrons. The van der Waals surface area contributed by atoms with Gasteiger partial charge in [0.1, 0.15) is 4.87 Å². The Labute approximate surface area is 107 Å². The van der Waals surface area contributed by atoms with Crippen LogP contribution in [0.1, 0.15) is 19.4 Å². The van der Waals surface area contributed by atoms with Crippen molar-refractivity contribution in [2.75, 3.05) is 7.05 Å². The Kier molecular flexibility index (Phi) is 3.00. The number of β-lactam (4-membered cyclic amide) rings is 1. The van der Waals surface area contributed by atoms with E-state index in [1.165, 1.54) is 0 Å². The van der Waals surface area contributed by atoms with E-state index in [-0.39, 0.29) is 11.9 Å². The average Bonchev–Trinajstić information content (AvgIpc) is 2.29. The predicted octanol–water partition coefficient (Wildman–Crippen LogP) is 2.93. The lowest BCUT2D eigenvalue weighted by Gasteiger charge is -2.49. The van der Waals surface area contributed by atoms with Gasteiger partial charge in [0.15, 0.2) is 0 Å². The summed E-state index contributed by atoms with van der Waals surface area (Å²) in [6, 6.07) is 10.0. The molecule has 1 aliphatic heterocycles. The molecule has 2 nitrogen and oxygen atoms in total. The first kappa shape index (κ1) is 12.2. The molecule has 0 radical (unpaired) electrons. The summed E-state index contributed by atoms with van der Waals surface area (Å²) in [6.45, 7) is 3.80. The molecule has 1 fully saturated rings. The van der Waals surface area contributed by atoms with Crippen molar-refractivity contribution in [3.05, 3.63) is 41.5 Å². The van der Waals surface area contributed by atoms with Crippen molar-refractivity contribution < 1.29 is 4.79 Å². The van der Waals surface area contributed by atoms with E-state index in [1.54, 1.807) is 18.9 Å². The molecule has 3 heteroatoms. The number of likely N-dealkylation sites (tertiary alicyclic amines) is 1. The second-order valence-electron chi connectivity index (χ2n) is 4.69. The van der Waals surface area contributed by atoms with E-state index >= 15 is 0 Å². The Hall–Kier alpha value is -1.28. The fourth-order valence-electron chi connectivity index (χ4n) is 2.50. The molecule has 1 amide bonds. The van der Waals surface area contributed by atoms with E-state index in [4.69, 9.17) is 11.6 Å². The number of benzene rings is 1. The third-order valence-corrected chi connectivity index (χ3v) is 3.63. The summed E-state index contributed by atoms with van der Waals surface area (Å²) < 4.78 is 0. The highest BCUT2D eigenvalue weighted by Gasteiger charge is 2.55. The maximum Gasteiger partial charge on any atom is 0.246 e. The fourth-order valence-corrected chi connectivity index (χ4v) is 2.95. The monoisotopic (exact) mass is 249 g/mol. The molecule has 0 unspecified atom stereocenters. The first-order valence-corrected chi connectivity index (χ1v) is 6.02. The summed E-state index contributed by atoms with van der Waals surface area (Å²) in [5.41, 5.74) is 2.24. The average molecular weight is 250 g/mol. The van der Waals surface area contributed by atoms with Gasteiger partial charge in [-0.25, -0.2) is 0 Å². The molecule has 2 atom stereocenters. The summed E-state index contributed by atoms with van der Waals surface area (Å²) in [4.78, 5) is 12.5. The summed E-state index contributed by atoms with van der Waals surface area (Å²) in [6.07, 6.45) is 2.08. The van der Waals surface area contributed by atoms with Crippen molar-refractivity contribution in [2.24, 2.45) is 0 Å². The molecule has 1 saturated heterocycles. The zero-order valence-corrected chi connectivity index (χ0v) is 11.0. The molecule has 17 heavy (non-hydrogen) atoms. The molecule has 0 N–H and O–H groups in total. The first-order valence-electron chi connectivity index (χ1n) is 5.64. The maximum atomic E-state index is 11.6. The van der Waals surface area contributed by atoms with Crippen molar-refractivity contribution in [1.29, 1.82) is 0 Å². The lowest BCUT2D eigenvalue weighted by atomic mass is 9.83. The van der Waals surface area contributed by atoms with Crippen LogP contribution in [0.3, 0.4) is 0 Å². The highest BCUT2D eigenvalue weighted by molar-refractivity contribution is 6.38. The molecule has 1 aliphatic rings. The third-order valence-electron chi connectivity index (χ3n) is 3.26. The number of halogens is 1. The number of hydrogen-bond donors (Lipinski definition) is 0. The van der Waals surface area contributed by atoms with Crippen LogP contribution in [0.2, 0.25) is 0 Å². The second kappa shape index (κ2) is 4.19. The largest absolute Gasteiger partial charge is 0.335 e. The zero-order chi connectivity index (χ0) is 12.6. The normalized spacial score (nSPS) is 29.2. The number of likely N-dealkylation sites (N-methyl/N-ethyl adjacent to an activating group) is 1. The van der Waals surface area contributed by atoms with Crippen LogP contribution in [0.25, 0.3) is 6.08 Å². The van der Waals surface area contributed by atoms with Crippen molar-refractivity contribution in [3.8, 4) is 0 Å². The van der Waals surface area contributed by atoms with Gasteiger partial charge in [0.05, 0.1) is 6.04 Å². The Bertz CT molecular complexity index is 464. The number of nitrogens with zero attached hydrogens (tertiary/aromatic N) is 1. The minimum atomic E-state index is -0.788. The van der Waals surface area contributed by atoms with E-state index in [1.807, 2.05) is 37.3 Å². The van der Waals surface area contributed by atoms with Crippen molar-refractivity contribution >= 4 is 23.6 Å². The van der Waals surface area contributed by atoms with Crippen LogP contribution < -0.4 is 0 Å². The third kappa shape index (κ3) is 1.98. The number of carbonyl (C=O) groups is 1. The quantitative estimate of drug-likeness (QED) is 0.583. The fraction of sp³-hybridized carbons (Fsp3) is 0.357. The van der Waals surface area contributed by atoms with Crippen LogP contribution in [0.5, 0.6) is 0 Å². The smallest absolute Gasteiger partial charge is 0.246 e. The van der Waals surface area contributed by atoms with E-state index < -0.39 is 4.87 Å². The van der Waals surface area contributed by atoms with Crippen LogP contribution in [0.15, 0.2) is 35.9 Å². The van der Waals surface area contributed by atoms with Gasteiger partial charge in [-0.05, 0) is 25.0 Å². The predicted molar refractivity (Wildman–Crippen MR) is 70.9 cm³/mol. The molecular weight excluding hydrogens is 234 g/mol. The van der Waals surface area contributed by atoms with Crippen LogP contribution in [-0.4, -0.2) is 28.8 Å². The van der Waals surface area contributed by atoms with E-state index in [0.29, 0.717) is 0 Å². The topological polar surface area (TPSA) is 20.3 Å². The number of hydrogen-bond acceptors (Lipinski definition) is 1. The highest BCUT2D eigenvalue weighted by atomic mass is 35.5. The lowest BCUT2D eigenvalue weighted by molar-refractivity contribution is -0.146. The van der Waals surface area contributed by atoms with E-state index in [9.17, 15) is 4.79 Å². The Balaban J connectivity index is 2.25. The first-order chi connectivity index (χ1) is 7.94. The summed E-state index contributed by atoms with van der Waals surface area (Å²) >= 11 is 6.24. The van der Waals surface area contributed by atoms with E-state index in [0.717, 1.165) is 11.1 Å². The SMILES string of the molecule is C/C(=C/c1ccccc1)[C@H]1N(C)C(=O)[C@@]1(C)Cl. The van der Waals surface area contributed by atoms with Gasteiger partial charge >= 0.3 is 0 Å². The molecule has 0 aromatic heterocycles. The Morgan fingerprint density at radius 1 is 1.41 bits per heavy atom. The number of carbonyl (C=O) groups excluding carboxylic acids is 1. The molecule has 0 aliphatic carbocycles. The molecular formula is C14H16ClNO. The minimum Gasteiger partial charge on any atom is -0.335 e. The second-order valence-corrected chi connectivity index (χ2v) is 5.48. The number of amides is 1. The van der Waals surface area contributed by atoms with Gasteiger partial charge in [-0.1, -0.05) is 36.4 Å². The van der Waals surface area contributed by atoms with Gasteiger partial charge in [-0.15, -0.1) is 11.6 Å².